The van der Waals surface area contributed by atoms with Crippen LogP contribution in [-0.4, -0.2) is 16.0 Å². The van der Waals surface area contributed by atoms with Crippen molar-refractivity contribution in [3.63, 3.8) is 0 Å². The molecule has 0 saturated heterocycles. The Balaban J connectivity index is 1.53. The van der Waals surface area contributed by atoms with E-state index in [-0.39, 0.29) is 30.7 Å². The number of ether oxygens (including phenoxy) is 1. The molecule has 0 saturated carbocycles. The van der Waals surface area contributed by atoms with Gasteiger partial charge in [0.15, 0.2) is 12.4 Å². The van der Waals surface area contributed by atoms with Crippen molar-refractivity contribution in [3.05, 3.63) is 70.3 Å². The standard InChI is InChI=1S/C17H13Cl2N3O3/c18-11-5-7-12(8-6-11)24-10-17-21-15(22-25-17)9-16(23)20-14-4-2-1-3-13(14)19/h1-8H,9-10H2,(H,20,23). The van der Waals surface area contributed by atoms with Crippen LogP contribution in [-0.2, 0) is 17.8 Å². The molecule has 25 heavy (non-hydrogen) atoms. The van der Waals surface area contributed by atoms with E-state index in [9.17, 15) is 4.79 Å². The largest absolute Gasteiger partial charge is 0.484 e. The van der Waals surface area contributed by atoms with Crippen LogP contribution < -0.4 is 10.1 Å². The SMILES string of the molecule is O=C(Cc1noc(COc2ccc(Cl)cc2)n1)Nc1ccccc1Cl. The maximum atomic E-state index is 12.0. The Bertz CT molecular complexity index is 866. The number of hydrogen-bond acceptors (Lipinski definition) is 5. The molecule has 6 nitrogen and oxygen atoms in total. The van der Waals surface area contributed by atoms with E-state index in [1.807, 2.05) is 0 Å². The molecular weight excluding hydrogens is 365 g/mol. The van der Waals surface area contributed by atoms with E-state index in [1.165, 1.54) is 0 Å². The van der Waals surface area contributed by atoms with Crippen molar-refractivity contribution in [2.75, 3.05) is 5.32 Å². The normalized spacial score (nSPS) is 10.5. The average molecular weight is 378 g/mol. The number of carbonyl (C=O) groups is 1. The van der Waals surface area contributed by atoms with E-state index >= 15 is 0 Å². The second-order valence-electron chi connectivity index (χ2n) is 5.05. The summed E-state index contributed by atoms with van der Waals surface area (Å²) >= 11 is 11.8. The van der Waals surface area contributed by atoms with Crippen LogP contribution in [0.15, 0.2) is 53.1 Å². The molecule has 0 bridgehead atoms. The van der Waals surface area contributed by atoms with Crippen molar-refractivity contribution in [3.8, 4) is 5.75 Å². The lowest BCUT2D eigenvalue weighted by Crippen LogP contribution is -2.15. The van der Waals surface area contributed by atoms with E-state index in [4.69, 9.17) is 32.5 Å². The molecule has 3 aromatic rings. The van der Waals surface area contributed by atoms with E-state index in [2.05, 4.69) is 15.5 Å². The highest BCUT2D eigenvalue weighted by atomic mass is 35.5. The molecule has 3 rings (SSSR count). The van der Waals surface area contributed by atoms with Crippen LogP contribution in [0.3, 0.4) is 0 Å². The smallest absolute Gasteiger partial charge is 0.264 e. The predicted molar refractivity (Wildman–Crippen MR) is 93.9 cm³/mol. The molecule has 0 unspecified atom stereocenters. The van der Waals surface area contributed by atoms with E-state index in [0.717, 1.165) is 0 Å². The van der Waals surface area contributed by atoms with E-state index in [0.29, 0.717) is 21.5 Å². The van der Waals surface area contributed by atoms with Crippen molar-refractivity contribution in [1.82, 2.24) is 10.1 Å². The lowest BCUT2D eigenvalue weighted by Gasteiger charge is -2.04. The summed E-state index contributed by atoms with van der Waals surface area (Å²) in [6.45, 7) is 0.0980. The number of hydrogen-bond donors (Lipinski definition) is 1. The van der Waals surface area contributed by atoms with E-state index < -0.39 is 0 Å². The maximum Gasteiger partial charge on any atom is 0.264 e. The summed E-state index contributed by atoms with van der Waals surface area (Å²) < 4.78 is 10.6. The van der Waals surface area contributed by atoms with Crippen molar-refractivity contribution >= 4 is 34.8 Å². The number of rotatable bonds is 6. The second kappa shape index (κ2) is 8.00. The Morgan fingerprint density at radius 3 is 2.64 bits per heavy atom. The number of benzene rings is 2. The van der Waals surface area contributed by atoms with Crippen LogP contribution >= 0.6 is 23.2 Å². The van der Waals surface area contributed by atoms with E-state index in [1.54, 1.807) is 48.5 Å². The molecule has 0 aliphatic rings. The summed E-state index contributed by atoms with van der Waals surface area (Å²) in [5.41, 5.74) is 0.531. The van der Waals surface area contributed by atoms with Crippen molar-refractivity contribution in [1.29, 1.82) is 0 Å². The number of amides is 1. The second-order valence-corrected chi connectivity index (χ2v) is 5.90. The molecular formula is C17H13Cl2N3O3. The minimum Gasteiger partial charge on any atom is -0.484 e. The van der Waals surface area contributed by atoms with Crippen molar-refractivity contribution in [2.45, 2.75) is 13.0 Å². The Morgan fingerprint density at radius 2 is 1.88 bits per heavy atom. The zero-order chi connectivity index (χ0) is 17.6. The molecule has 0 aliphatic heterocycles. The van der Waals surface area contributed by atoms with Crippen LogP contribution in [0.25, 0.3) is 0 Å². The summed E-state index contributed by atoms with van der Waals surface area (Å²) in [5, 5.41) is 7.54. The van der Waals surface area contributed by atoms with Gasteiger partial charge in [-0.3, -0.25) is 4.79 Å². The highest BCUT2D eigenvalue weighted by molar-refractivity contribution is 6.33. The molecule has 0 fully saturated rings. The zero-order valence-electron chi connectivity index (χ0n) is 12.9. The van der Waals surface area contributed by atoms with Gasteiger partial charge in [0.1, 0.15) is 5.75 Å². The van der Waals surface area contributed by atoms with Gasteiger partial charge in [-0.1, -0.05) is 40.5 Å². The predicted octanol–water partition coefficient (Wildman–Crippen LogP) is 4.14. The third-order valence-electron chi connectivity index (χ3n) is 3.15. The zero-order valence-corrected chi connectivity index (χ0v) is 14.4. The number of halogens is 2. The molecule has 1 N–H and O–H groups in total. The lowest BCUT2D eigenvalue weighted by atomic mass is 10.3. The van der Waals surface area contributed by atoms with Crippen LogP contribution in [0.1, 0.15) is 11.7 Å². The summed E-state index contributed by atoms with van der Waals surface area (Å²) in [7, 11) is 0. The van der Waals surface area contributed by atoms with Gasteiger partial charge in [-0.05, 0) is 36.4 Å². The number of carbonyl (C=O) groups excluding carboxylic acids is 1. The van der Waals surface area contributed by atoms with Gasteiger partial charge in [0, 0.05) is 5.02 Å². The molecule has 0 spiro atoms. The highest BCUT2D eigenvalue weighted by Gasteiger charge is 2.12. The fraction of sp³-hybridized carbons (Fsp3) is 0.118. The quantitative estimate of drug-likeness (QED) is 0.698. The van der Waals surface area contributed by atoms with Gasteiger partial charge in [0.05, 0.1) is 17.1 Å². The monoisotopic (exact) mass is 377 g/mol. The molecule has 1 amide bonds. The highest BCUT2D eigenvalue weighted by Crippen LogP contribution is 2.20. The van der Waals surface area contributed by atoms with Gasteiger partial charge in [-0.25, -0.2) is 0 Å². The number of para-hydroxylation sites is 1. The number of nitrogens with one attached hydrogen (secondary N) is 1. The van der Waals surface area contributed by atoms with Crippen LogP contribution in [0.4, 0.5) is 5.69 Å². The first-order valence-corrected chi connectivity index (χ1v) is 8.10. The van der Waals surface area contributed by atoms with Gasteiger partial charge in [-0.15, -0.1) is 0 Å². The van der Waals surface area contributed by atoms with Gasteiger partial charge >= 0.3 is 0 Å². The summed E-state index contributed by atoms with van der Waals surface area (Å²) in [4.78, 5) is 16.1. The first-order chi connectivity index (χ1) is 12.1. The summed E-state index contributed by atoms with van der Waals surface area (Å²) in [5.74, 6) is 0.870. The third kappa shape index (κ3) is 4.95. The lowest BCUT2D eigenvalue weighted by molar-refractivity contribution is -0.115. The number of aromatic nitrogens is 2. The maximum absolute atomic E-state index is 12.0. The molecule has 0 atom stereocenters. The Morgan fingerprint density at radius 1 is 1.12 bits per heavy atom. The fourth-order valence-corrected chi connectivity index (χ4v) is 2.31. The van der Waals surface area contributed by atoms with Gasteiger partial charge in [0.2, 0.25) is 5.91 Å². The Kier molecular flexibility index (Phi) is 5.53. The van der Waals surface area contributed by atoms with Gasteiger partial charge < -0.3 is 14.6 Å². The van der Waals surface area contributed by atoms with Crippen molar-refractivity contribution in [2.24, 2.45) is 0 Å². The Hall–Kier alpha value is -2.57. The first-order valence-electron chi connectivity index (χ1n) is 7.34. The number of anilines is 1. The van der Waals surface area contributed by atoms with Crippen LogP contribution in [0, 0.1) is 0 Å². The molecule has 128 valence electrons. The molecule has 1 heterocycles. The van der Waals surface area contributed by atoms with Crippen LogP contribution in [0.2, 0.25) is 10.0 Å². The third-order valence-corrected chi connectivity index (χ3v) is 3.73. The topological polar surface area (TPSA) is 77.2 Å². The molecule has 0 radical (unpaired) electrons. The Labute approximate surface area is 153 Å². The molecule has 8 heteroatoms. The summed E-state index contributed by atoms with van der Waals surface area (Å²) in [6.07, 6.45) is -0.0321. The minimum atomic E-state index is -0.293. The summed E-state index contributed by atoms with van der Waals surface area (Å²) in [6, 6.07) is 13.9. The molecule has 1 aromatic heterocycles. The molecule has 2 aromatic carbocycles. The van der Waals surface area contributed by atoms with Gasteiger partial charge in [-0.2, -0.15) is 4.98 Å². The fourth-order valence-electron chi connectivity index (χ4n) is 2.00. The molecule has 0 aliphatic carbocycles. The van der Waals surface area contributed by atoms with Crippen LogP contribution in [0.5, 0.6) is 5.75 Å². The van der Waals surface area contributed by atoms with Crippen molar-refractivity contribution < 1.29 is 14.1 Å². The minimum absolute atomic E-state index is 0.0321. The average Bonchev–Trinajstić information content (AvgIpc) is 3.04. The van der Waals surface area contributed by atoms with Gasteiger partial charge in [0.25, 0.3) is 5.89 Å². The number of nitrogens with zero attached hydrogens (tertiary/aromatic N) is 2. The first kappa shape index (κ1) is 17.3.